The van der Waals surface area contributed by atoms with E-state index in [1.54, 1.807) is 31.3 Å². The average molecular weight is 506 g/mol. The molecule has 0 bridgehead atoms. The minimum atomic E-state index is -0.670. The number of amides is 2. The lowest BCUT2D eigenvalue weighted by atomic mass is 10.1. The van der Waals surface area contributed by atoms with Crippen molar-refractivity contribution in [2.75, 3.05) is 26.1 Å². The van der Waals surface area contributed by atoms with Crippen molar-refractivity contribution in [3.05, 3.63) is 52.5 Å². The van der Waals surface area contributed by atoms with Gasteiger partial charge >= 0.3 is 0 Å². The summed E-state index contributed by atoms with van der Waals surface area (Å²) in [5.41, 5.74) is 1.56. The number of rotatable bonds is 8. The number of carbonyl (C=O) groups excluding carboxylic acids is 2. The molecule has 1 fully saturated rings. The molecule has 9 heteroatoms. The Kier molecular flexibility index (Phi) is 7.50. The smallest absolute Gasteiger partial charge is 0.252 e. The molecule has 0 aromatic heterocycles. The maximum Gasteiger partial charge on any atom is 0.252 e. The zero-order valence-electron chi connectivity index (χ0n) is 17.6. The van der Waals surface area contributed by atoms with Crippen LogP contribution in [0.3, 0.4) is 0 Å². The van der Waals surface area contributed by atoms with Crippen LogP contribution in [0.2, 0.25) is 0 Å². The quantitative estimate of drug-likeness (QED) is 0.550. The predicted molar refractivity (Wildman–Crippen MR) is 126 cm³/mol. The second-order valence-corrected chi connectivity index (χ2v) is 8.24. The summed E-state index contributed by atoms with van der Waals surface area (Å²) in [5, 5.41) is 3.27. The number of likely N-dealkylation sites (N-methyl/N-ethyl adjacent to an activating group) is 1. The number of hydrogen-bond donors (Lipinski definition) is 1. The van der Waals surface area contributed by atoms with Gasteiger partial charge in [0.05, 0.1) is 20.6 Å². The van der Waals surface area contributed by atoms with E-state index in [4.69, 9.17) is 21.7 Å². The normalized spacial score (nSPS) is 15.9. The molecule has 2 aromatic rings. The molecule has 2 aromatic carbocycles. The van der Waals surface area contributed by atoms with Crippen LogP contribution in [-0.4, -0.2) is 53.5 Å². The van der Waals surface area contributed by atoms with E-state index in [1.165, 1.54) is 4.90 Å². The summed E-state index contributed by atoms with van der Waals surface area (Å²) in [6.07, 6.45) is -0.00116. The third-order valence-corrected chi connectivity index (χ3v) is 6.01. The topological polar surface area (TPSA) is 71.1 Å². The van der Waals surface area contributed by atoms with Gasteiger partial charge in [0.25, 0.3) is 5.91 Å². The monoisotopic (exact) mass is 505 g/mol. The van der Waals surface area contributed by atoms with Crippen LogP contribution in [-0.2, 0) is 16.1 Å². The predicted octanol–water partition coefficient (Wildman–Crippen LogP) is 3.81. The zero-order valence-corrected chi connectivity index (χ0v) is 20.0. The van der Waals surface area contributed by atoms with Gasteiger partial charge in [-0.15, -0.1) is 0 Å². The lowest BCUT2D eigenvalue weighted by Gasteiger charge is -2.24. The molecule has 7 nitrogen and oxygen atoms in total. The van der Waals surface area contributed by atoms with Gasteiger partial charge in [-0.2, -0.15) is 0 Å². The van der Waals surface area contributed by atoms with Crippen LogP contribution < -0.4 is 14.8 Å². The van der Waals surface area contributed by atoms with E-state index in [9.17, 15) is 9.59 Å². The second kappa shape index (κ2) is 10.1. The maximum atomic E-state index is 13.0. The fourth-order valence-electron chi connectivity index (χ4n) is 3.46. The fourth-order valence-corrected chi connectivity index (χ4v) is 4.13. The molecule has 0 saturated carbocycles. The number of anilines is 1. The van der Waals surface area contributed by atoms with Crippen molar-refractivity contribution in [1.82, 2.24) is 9.80 Å². The molecule has 1 atom stereocenters. The SMILES string of the molecule is CCN1C(=O)C(CC(=O)Nc2ccc(Br)cc2)N(Cc2ccc(OC)c(OC)c2)C1=S. The molecule has 0 radical (unpaired) electrons. The summed E-state index contributed by atoms with van der Waals surface area (Å²) in [5.74, 6) is 0.790. The molecular formula is C22H24BrN3O4S. The van der Waals surface area contributed by atoms with Crippen LogP contribution in [0, 0.1) is 0 Å². The third-order valence-electron chi connectivity index (χ3n) is 5.03. The molecule has 1 N–H and O–H groups in total. The summed E-state index contributed by atoms with van der Waals surface area (Å²) >= 11 is 8.93. The minimum Gasteiger partial charge on any atom is -0.493 e. The van der Waals surface area contributed by atoms with Crippen LogP contribution >= 0.6 is 28.1 Å². The number of carbonyl (C=O) groups is 2. The highest BCUT2D eigenvalue weighted by Crippen LogP contribution is 2.30. The highest BCUT2D eigenvalue weighted by molar-refractivity contribution is 9.10. The summed E-state index contributed by atoms with van der Waals surface area (Å²) in [4.78, 5) is 29.0. The highest BCUT2D eigenvalue weighted by atomic mass is 79.9. The molecule has 1 heterocycles. The van der Waals surface area contributed by atoms with E-state index in [2.05, 4.69) is 21.2 Å². The van der Waals surface area contributed by atoms with E-state index < -0.39 is 6.04 Å². The molecule has 164 valence electrons. The number of methoxy groups -OCH3 is 2. The number of ether oxygens (including phenoxy) is 2. The average Bonchev–Trinajstić information content (AvgIpc) is 2.98. The fraction of sp³-hybridized carbons (Fsp3) is 0.318. The molecular weight excluding hydrogens is 482 g/mol. The number of thiocarbonyl (C=S) groups is 1. The molecule has 3 rings (SSSR count). The Morgan fingerprint density at radius 1 is 1.13 bits per heavy atom. The lowest BCUT2D eigenvalue weighted by molar-refractivity contribution is -0.130. The van der Waals surface area contributed by atoms with Crippen molar-refractivity contribution >= 4 is 50.8 Å². The van der Waals surface area contributed by atoms with Gasteiger partial charge < -0.3 is 19.7 Å². The van der Waals surface area contributed by atoms with Gasteiger partial charge in [-0.1, -0.05) is 22.0 Å². The number of benzene rings is 2. The molecule has 1 saturated heterocycles. The minimum absolute atomic E-state index is 0.00116. The molecule has 31 heavy (non-hydrogen) atoms. The first kappa shape index (κ1) is 23.0. The van der Waals surface area contributed by atoms with E-state index in [0.29, 0.717) is 35.4 Å². The first-order chi connectivity index (χ1) is 14.9. The molecule has 2 amide bonds. The van der Waals surface area contributed by atoms with Gasteiger partial charge in [-0.3, -0.25) is 14.5 Å². The van der Waals surface area contributed by atoms with Crippen LogP contribution in [0.25, 0.3) is 0 Å². The van der Waals surface area contributed by atoms with E-state index in [1.807, 2.05) is 37.3 Å². The summed E-state index contributed by atoms with van der Waals surface area (Å²) in [6, 6.07) is 12.1. The Morgan fingerprint density at radius 2 is 1.81 bits per heavy atom. The zero-order chi connectivity index (χ0) is 22.5. The molecule has 1 aliphatic heterocycles. The largest absolute Gasteiger partial charge is 0.493 e. The number of halogens is 1. The summed E-state index contributed by atoms with van der Waals surface area (Å²) in [6.45, 7) is 2.69. The first-order valence-electron chi connectivity index (χ1n) is 9.76. The van der Waals surface area contributed by atoms with Gasteiger partial charge in [0, 0.05) is 23.2 Å². The summed E-state index contributed by atoms with van der Waals surface area (Å²) < 4.78 is 11.6. The second-order valence-electron chi connectivity index (χ2n) is 6.96. The Hall–Kier alpha value is -2.65. The highest BCUT2D eigenvalue weighted by Gasteiger charge is 2.42. The van der Waals surface area contributed by atoms with Gasteiger partial charge in [0.1, 0.15) is 6.04 Å². The molecule has 0 aliphatic carbocycles. The van der Waals surface area contributed by atoms with Crippen LogP contribution in [0.5, 0.6) is 11.5 Å². The first-order valence-corrected chi connectivity index (χ1v) is 11.0. The van der Waals surface area contributed by atoms with E-state index in [-0.39, 0.29) is 18.2 Å². The Bertz CT molecular complexity index is 983. The Morgan fingerprint density at radius 3 is 2.42 bits per heavy atom. The number of nitrogens with one attached hydrogen (secondary N) is 1. The van der Waals surface area contributed by atoms with Crippen molar-refractivity contribution in [3.63, 3.8) is 0 Å². The Labute approximate surface area is 195 Å². The van der Waals surface area contributed by atoms with Crippen molar-refractivity contribution in [2.24, 2.45) is 0 Å². The molecule has 1 unspecified atom stereocenters. The maximum absolute atomic E-state index is 13.0. The van der Waals surface area contributed by atoms with Crippen molar-refractivity contribution in [2.45, 2.75) is 25.9 Å². The lowest BCUT2D eigenvalue weighted by Crippen LogP contribution is -2.37. The van der Waals surface area contributed by atoms with Gasteiger partial charge in [-0.05, 0) is 61.1 Å². The van der Waals surface area contributed by atoms with Crippen molar-refractivity contribution in [3.8, 4) is 11.5 Å². The third kappa shape index (κ3) is 5.16. The molecule has 1 aliphatic rings. The van der Waals surface area contributed by atoms with Crippen LogP contribution in [0.15, 0.2) is 46.9 Å². The van der Waals surface area contributed by atoms with Crippen molar-refractivity contribution in [1.29, 1.82) is 0 Å². The van der Waals surface area contributed by atoms with Gasteiger partial charge in [0.15, 0.2) is 16.6 Å². The van der Waals surface area contributed by atoms with Crippen molar-refractivity contribution < 1.29 is 19.1 Å². The standard InChI is InChI=1S/C22H24BrN3O4S/c1-4-25-21(28)17(12-20(27)24-16-8-6-15(23)7-9-16)26(22(25)31)13-14-5-10-18(29-2)19(11-14)30-3/h5-11,17H,4,12-13H2,1-3H3,(H,24,27). The number of nitrogens with zero attached hydrogens (tertiary/aromatic N) is 2. The number of hydrogen-bond acceptors (Lipinski definition) is 5. The van der Waals surface area contributed by atoms with Gasteiger partial charge in [-0.25, -0.2) is 0 Å². The van der Waals surface area contributed by atoms with Gasteiger partial charge in [0.2, 0.25) is 5.91 Å². The van der Waals surface area contributed by atoms with E-state index >= 15 is 0 Å². The van der Waals surface area contributed by atoms with Crippen LogP contribution in [0.4, 0.5) is 5.69 Å². The van der Waals surface area contributed by atoms with E-state index in [0.717, 1.165) is 10.0 Å². The summed E-state index contributed by atoms with van der Waals surface area (Å²) in [7, 11) is 3.14. The molecule has 0 spiro atoms. The Balaban J connectivity index is 1.79. The van der Waals surface area contributed by atoms with Crippen LogP contribution in [0.1, 0.15) is 18.9 Å².